The van der Waals surface area contributed by atoms with Gasteiger partial charge in [0.1, 0.15) is 23.6 Å². The molecule has 202 valence electrons. The predicted octanol–water partition coefficient (Wildman–Crippen LogP) is 3.67. The van der Waals surface area contributed by atoms with Crippen molar-refractivity contribution in [3.8, 4) is 5.75 Å². The Labute approximate surface area is 221 Å². The summed E-state index contributed by atoms with van der Waals surface area (Å²) in [5.41, 5.74) is 1.71. The molecule has 2 aromatic carbocycles. The van der Waals surface area contributed by atoms with E-state index in [1.807, 2.05) is 12.1 Å². The molecular weight excluding hydrogens is 513 g/mol. The molecule has 2 fully saturated rings. The highest BCUT2D eigenvalue weighted by Gasteiger charge is 2.39. The maximum atomic E-state index is 12.9. The van der Waals surface area contributed by atoms with Crippen LogP contribution in [-0.2, 0) is 28.9 Å². The van der Waals surface area contributed by atoms with Gasteiger partial charge >= 0.3 is 6.18 Å². The number of nitrogens with one attached hydrogen (secondary N) is 1. The third kappa shape index (κ3) is 5.06. The van der Waals surface area contributed by atoms with Gasteiger partial charge in [-0.1, -0.05) is 12.1 Å². The number of halogens is 3. The fraction of sp³-hybridized carbons (Fsp3) is 0.357. The number of carbonyl (C=O) groups excluding carboxylic acids is 3. The van der Waals surface area contributed by atoms with Crippen LogP contribution in [0.4, 0.5) is 13.2 Å². The Hall–Kier alpha value is -3.99. The molecule has 0 saturated carbocycles. The molecule has 3 aliphatic rings. The van der Waals surface area contributed by atoms with Gasteiger partial charge in [0.25, 0.3) is 5.91 Å². The van der Waals surface area contributed by atoms with E-state index < -0.39 is 23.8 Å². The lowest BCUT2D eigenvalue weighted by Crippen LogP contribution is -2.52. The maximum Gasteiger partial charge on any atom is 0.433 e. The van der Waals surface area contributed by atoms with Crippen LogP contribution >= 0.6 is 0 Å². The molecule has 39 heavy (non-hydrogen) atoms. The second-order valence-corrected chi connectivity index (χ2v) is 10.2. The van der Waals surface area contributed by atoms with E-state index in [-0.39, 0.29) is 30.9 Å². The van der Waals surface area contributed by atoms with E-state index in [9.17, 15) is 27.6 Å². The van der Waals surface area contributed by atoms with E-state index in [1.54, 1.807) is 24.3 Å². The molecule has 0 spiro atoms. The number of aromatic nitrogens is 1. The van der Waals surface area contributed by atoms with Crippen molar-refractivity contribution in [3.63, 3.8) is 0 Å². The van der Waals surface area contributed by atoms with Gasteiger partial charge in [-0.15, -0.1) is 0 Å². The summed E-state index contributed by atoms with van der Waals surface area (Å²) < 4.78 is 45.0. The van der Waals surface area contributed by atoms with E-state index in [0.29, 0.717) is 41.7 Å². The normalized spacial score (nSPS) is 21.9. The predicted molar refractivity (Wildman–Crippen MR) is 134 cm³/mol. The van der Waals surface area contributed by atoms with E-state index in [0.717, 1.165) is 30.2 Å². The average Bonchev–Trinajstić information content (AvgIpc) is 3.46. The Balaban J connectivity index is 1.07. The molecule has 3 aromatic rings. The van der Waals surface area contributed by atoms with Crippen LogP contribution in [-0.4, -0.2) is 57.7 Å². The summed E-state index contributed by atoms with van der Waals surface area (Å²) in [6.45, 7) is 2.41. The molecule has 6 rings (SSSR count). The SMILES string of the molecule is O=C1CCC(N2Cc3cc(O[C@H]4CCN(Cc5ccc6nc(C(F)(F)F)ccc6c5)C4)ccc3C2=O)C(=O)N1. The number of pyridine rings is 1. The molecule has 11 heteroatoms. The smallest absolute Gasteiger partial charge is 0.433 e. The summed E-state index contributed by atoms with van der Waals surface area (Å²) in [6.07, 6.45) is -3.20. The van der Waals surface area contributed by atoms with Crippen LogP contribution in [0.25, 0.3) is 10.9 Å². The summed E-state index contributed by atoms with van der Waals surface area (Å²) in [5.74, 6) is -0.336. The standard InChI is InChI=1S/C28H25F3N4O4/c29-28(30,31)24-7-2-17-11-16(1-5-22(17)32-24)13-34-10-9-20(15-34)39-19-3-4-21-18(12-19)14-35(27(21)38)23-6-8-25(36)33-26(23)37/h1-5,7,11-12,20,23H,6,8-10,13-15H2,(H,33,36,37)/t20-,23?/m0/s1. The quantitative estimate of drug-likeness (QED) is 0.499. The molecule has 8 nitrogen and oxygen atoms in total. The first kappa shape index (κ1) is 25.3. The highest BCUT2D eigenvalue weighted by molar-refractivity contribution is 6.05. The van der Waals surface area contributed by atoms with Crippen molar-refractivity contribution in [2.45, 2.75) is 50.7 Å². The van der Waals surface area contributed by atoms with Gasteiger partial charge in [0.05, 0.1) is 5.52 Å². The first-order valence-electron chi connectivity index (χ1n) is 12.8. The van der Waals surface area contributed by atoms with Gasteiger partial charge in [0.15, 0.2) is 0 Å². The lowest BCUT2D eigenvalue weighted by Gasteiger charge is -2.29. The Kier molecular flexibility index (Phi) is 6.25. The first-order chi connectivity index (χ1) is 18.6. The van der Waals surface area contributed by atoms with Crippen LogP contribution in [0.3, 0.4) is 0 Å². The van der Waals surface area contributed by atoms with Crippen molar-refractivity contribution in [1.82, 2.24) is 20.1 Å². The molecule has 1 aromatic heterocycles. The number of alkyl halides is 3. The highest BCUT2D eigenvalue weighted by atomic mass is 19.4. The van der Waals surface area contributed by atoms with Crippen molar-refractivity contribution in [2.24, 2.45) is 0 Å². The first-order valence-corrected chi connectivity index (χ1v) is 12.8. The minimum atomic E-state index is -4.47. The molecule has 3 amide bonds. The highest BCUT2D eigenvalue weighted by Crippen LogP contribution is 2.32. The monoisotopic (exact) mass is 538 g/mol. The minimum absolute atomic E-state index is 0.0529. The molecule has 3 aliphatic heterocycles. The summed E-state index contributed by atoms with van der Waals surface area (Å²) >= 11 is 0. The van der Waals surface area contributed by atoms with Crippen LogP contribution in [0, 0.1) is 0 Å². The molecular formula is C28H25F3N4O4. The Bertz CT molecular complexity index is 1490. The Morgan fingerprint density at radius 2 is 1.87 bits per heavy atom. The number of piperidine rings is 1. The van der Waals surface area contributed by atoms with Crippen LogP contribution < -0.4 is 10.1 Å². The Morgan fingerprint density at radius 3 is 2.67 bits per heavy atom. The lowest BCUT2D eigenvalue weighted by molar-refractivity contribution is -0.141. The number of amides is 3. The second-order valence-electron chi connectivity index (χ2n) is 10.2. The average molecular weight is 539 g/mol. The van der Waals surface area contributed by atoms with Gasteiger partial charge in [0, 0.05) is 43.5 Å². The van der Waals surface area contributed by atoms with E-state index in [2.05, 4.69) is 15.2 Å². The second kappa shape index (κ2) is 9.64. The number of carbonyl (C=O) groups is 3. The van der Waals surface area contributed by atoms with Gasteiger partial charge in [0.2, 0.25) is 11.8 Å². The molecule has 4 heterocycles. The van der Waals surface area contributed by atoms with Gasteiger partial charge < -0.3 is 9.64 Å². The number of nitrogens with zero attached hydrogens (tertiary/aromatic N) is 3. The fourth-order valence-electron chi connectivity index (χ4n) is 5.54. The van der Waals surface area contributed by atoms with Crippen molar-refractivity contribution in [2.75, 3.05) is 13.1 Å². The number of imide groups is 1. The molecule has 1 unspecified atom stereocenters. The topological polar surface area (TPSA) is 91.8 Å². The number of ether oxygens (including phenoxy) is 1. The van der Waals surface area contributed by atoms with Crippen molar-refractivity contribution in [3.05, 3.63) is 70.9 Å². The zero-order valence-corrected chi connectivity index (χ0v) is 20.8. The molecule has 0 aliphatic carbocycles. The minimum Gasteiger partial charge on any atom is -0.489 e. The molecule has 1 N–H and O–H groups in total. The third-order valence-electron chi connectivity index (χ3n) is 7.48. The summed E-state index contributed by atoms with van der Waals surface area (Å²) in [5, 5.41) is 2.96. The number of benzene rings is 2. The van der Waals surface area contributed by atoms with Gasteiger partial charge in [-0.2, -0.15) is 13.2 Å². The van der Waals surface area contributed by atoms with Crippen LogP contribution in [0.5, 0.6) is 5.75 Å². The van der Waals surface area contributed by atoms with Gasteiger partial charge in [-0.05, 0) is 60.4 Å². The third-order valence-corrected chi connectivity index (χ3v) is 7.48. The molecule has 2 saturated heterocycles. The Morgan fingerprint density at radius 1 is 1.03 bits per heavy atom. The molecule has 0 radical (unpaired) electrons. The van der Waals surface area contributed by atoms with Crippen molar-refractivity contribution in [1.29, 1.82) is 0 Å². The summed E-state index contributed by atoms with van der Waals surface area (Å²) in [4.78, 5) is 44.1. The number of likely N-dealkylation sites (tertiary alicyclic amines) is 1. The maximum absolute atomic E-state index is 12.9. The van der Waals surface area contributed by atoms with Gasteiger partial charge in [-0.25, -0.2) is 4.98 Å². The fourth-order valence-corrected chi connectivity index (χ4v) is 5.54. The number of hydrogen-bond donors (Lipinski definition) is 1. The van der Waals surface area contributed by atoms with Gasteiger partial charge in [-0.3, -0.25) is 24.6 Å². The zero-order valence-electron chi connectivity index (χ0n) is 20.8. The number of rotatable bonds is 5. The van der Waals surface area contributed by atoms with Crippen molar-refractivity contribution < 1.29 is 32.3 Å². The van der Waals surface area contributed by atoms with E-state index >= 15 is 0 Å². The molecule has 0 bridgehead atoms. The lowest BCUT2D eigenvalue weighted by atomic mass is 10.0. The molecule has 2 atom stereocenters. The van der Waals surface area contributed by atoms with Crippen LogP contribution in [0.15, 0.2) is 48.5 Å². The summed E-state index contributed by atoms with van der Waals surface area (Å²) in [6, 6.07) is 12.4. The van der Waals surface area contributed by atoms with Crippen LogP contribution in [0.1, 0.15) is 46.4 Å². The summed E-state index contributed by atoms with van der Waals surface area (Å²) in [7, 11) is 0. The zero-order chi connectivity index (χ0) is 27.3. The van der Waals surface area contributed by atoms with E-state index in [1.165, 1.54) is 11.0 Å². The largest absolute Gasteiger partial charge is 0.489 e. The van der Waals surface area contributed by atoms with Crippen molar-refractivity contribution >= 4 is 28.6 Å². The number of fused-ring (bicyclic) bond motifs is 2. The van der Waals surface area contributed by atoms with E-state index in [4.69, 9.17) is 4.74 Å². The van der Waals surface area contributed by atoms with Crippen LogP contribution in [0.2, 0.25) is 0 Å². The number of hydrogen-bond acceptors (Lipinski definition) is 6.